The number of hydrogen-bond acceptors (Lipinski definition) is 2. The van der Waals surface area contributed by atoms with Crippen LogP contribution in [0.15, 0.2) is 24.3 Å². The second-order valence-corrected chi connectivity index (χ2v) is 6.12. The van der Waals surface area contributed by atoms with E-state index in [1.165, 1.54) is 0 Å². The predicted octanol–water partition coefficient (Wildman–Crippen LogP) is 3.42. The summed E-state index contributed by atoms with van der Waals surface area (Å²) in [6.07, 6.45) is 6.65. The number of aliphatic hydroxyl groups is 1. The van der Waals surface area contributed by atoms with E-state index in [2.05, 4.69) is 0 Å². The lowest BCUT2D eigenvalue weighted by Crippen LogP contribution is -2.45. The fourth-order valence-electron chi connectivity index (χ4n) is 2.70. The molecule has 0 heterocycles. The first-order chi connectivity index (χ1) is 9.99. The zero-order valence-electron chi connectivity index (χ0n) is 12.6. The normalized spacial score (nSPS) is 22.5. The summed E-state index contributed by atoms with van der Waals surface area (Å²) in [6.45, 7) is 1.94. The Morgan fingerprint density at radius 3 is 2.76 bits per heavy atom. The van der Waals surface area contributed by atoms with Crippen LogP contribution in [0.5, 0.6) is 0 Å². The van der Waals surface area contributed by atoms with Crippen LogP contribution in [0.3, 0.4) is 0 Å². The molecule has 1 saturated carbocycles. The third-order valence-corrected chi connectivity index (χ3v) is 4.56. The van der Waals surface area contributed by atoms with Crippen LogP contribution < -0.4 is 0 Å². The Kier molecular flexibility index (Phi) is 5.43. The summed E-state index contributed by atoms with van der Waals surface area (Å²) in [5.41, 5.74) is 1.92. The Bertz CT molecular complexity index is 542. The topological polar surface area (TPSA) is 40.5 Å². The molecule has 0 saturated heterocycles. The van der Waals surface area contributed by atoms with Gasteiger partial charge in [-0.3, -0.25) is 4.79 Å². The molecule has 1 fully saturated rings. The highest BCUT2D eigenvalue weighted by molar-refractivity contribution is 6.31. The molecule has 3 nitrogen and oxygen atoms in total. The number of benzene rings is 1. The van der Waals surface area contributed by atoms with Gasteiger partial charge in [0.05, 0.1) is 12.1 Å². The van der Waals surface area contributed by atoms with Crippen LogP contribution in [0.25, 0.3) is 6.08 Å². The zero-order chi connectivity index (χ0) is 15.4. The number of aryl methyl sites for hydroxylation is 1. The van der Waals surface area contributed by atoms with E-state index in [0.29, 0.717) is 5.02 Å². The standard InChI is InChI=1S/C17H22ClNO2/c1-12-7-8-13(11-14(12)18)9-10-17(21)19(2)15-5-3-4-6-16(15)20/h7-11,15-16,20H,3-6H2,1-2H3/b10-9+. The number of likely N-dealkylation sites (N-methyl/N-ethyl adjacent to an activating group) is 1. The monoisotopic (exact) mass is 307 g/mol. The second-order valence-electron chi connectivity index (χ2n) is 5.71. The highest BCUT2D eigenvalue weighted by atomic mass is 35.5. The minimum absolute atomic E-state index is 0.0718. The molecular formula is C17H22ClNO2. The van der Waals surface area contributed by atoms with E-state index in [1.54, 1.807) is 24.1 Å². The SMILES string of the molecule is Cc1ccc(/C=C/C(=O)N(C)C2CCCCC2O)cc1Cl. The Hall–Kier alpha value is -1.32. The van der Waals surface area contributed by atoms with E-state index in [1.807, 2.05) is 25.1 Å². The summed E-state index contributed by atoms with van der Waals surface area (Å²) in [4.78, 5) is 13.9. The lowest BCUT2D eigenvalue weighted by Gasteiger charge is -2.34. The van der Waals surface area contributed by atoms with Crippen molar-refractivity contribution >= 4 is 23.6 Å². The smallest absolute Gasteiger partial charge is 0.246 e. The maximum atomic E-state index is 12.2. The summed E-state index contributed by atoms with van der Waals surface area (Å²) in [7, 11) is 1.76. The maximum Gasteiger partial charge on any atom is 0.246 e. The third kappa shape index (κ3) is 4.08. The molecule has 21 heavy (non-hydrogen) atoms. The predicted molar refractivity (Wildman–Crippen MR) is 86.3 cm³/mol. The molecule has 2 atom stereocenters. The van der Waals surface area contributed by atoms with Crippen molar-refractivity contribution in [2.24, 2.45) is 0 Å². The molecule has 1 aliphatic carbocycles. The zero-order valence-corrected chi connectivity index (χ0v) is 13.3. The molecule has 0 bridgehead atoms. The van der Waals surface area contributed by atoms with E-state index >= 15 is 0 Å². The van der Waals surface area contributed by atoms with Crippen LogP contribution in [0.4, 0.5) is 0 Å². The quantitative estimate of drug-likeness (QED) is 0.869. The molecule has 1 aliphatic rings. The average molecular weight is 308 g/mol. The molecule has 2 unspecified atom stereocenters. The molecular weight excluding hydrogens is 286 g/mol. The Morgan fingerprint density at radius 1 is 1.38 bits per heavy atom. The van der Waals surface area contributed by atoms with Gasteiger partial charge < -0.3 is 10.0 Å². The van der Waals surface area contributed by atoms with Crippen LogP contribution >= 0.6 is 11.6 Å². The molecule has 0 aliphatic heterocycles. The highest BCUT2D eigenvalue weighted by Gasteiger charge is 2.28. The number of carbonyl (C=O) groups excluding carboxylic acids is 1. The lowest BCUT2D eigenvalue weighted by atomic mass is 9.91. The Balaban J connectivity index is 2.02. The average Bonchev–Trinajstić information content (AvgIpc) is 2.48. The van der Waals surface area contributed by atoms with Gasteiger partial charge in [0.15, 0.2) is 0 Å². The first-order valence-electron chi connectivity index (χ1n) is 7.38. The van der Waals surface area contributed by atoms with E-state index in [9.17, 15) is 9.90 Å². The largest absolute Gasteiger partial charge is 0.391 e. The summed E-state index contributed by atoms with van der Waals surface area (Å²) < 4.78 is 0. The van der Waals surface area contributed by atoms with Crippen LogP contribution in [-0.4, -0.2) is 35.1 Å². The number of halogens is 1. The van der Waals surface area contributed by atoms with E-state index in [-0.39, 0.29) is 11.9 Å². The molecule has 1 amide bonds. The van der Waals surface area contributed by atoms with E-state index < -0.39 is 6.10 Å². The molecule has 1 N–H and O–H groups in total. The molecule has 114 valence electrons. The molecule has 1 aromatic rings. The Labute approximate surface area is 131 Å². The van der Waals surface area contributed by atoms with Crippen LogP contribution in [0.2, 0.25) is 5.02 Å². The van der Waals surface area contributed by atoms with Crippen molar-refractivity contribution in [2.45, 2.75) is 44.8 Å². The van der Waals surface area contributed by atoms with Gasteiger partial charge in [0.1, 0.15) is 0 Å². The second kappa shape index (κ2) is 7.10. The number of nitrogens with zero attached hydrogens (tertiary/aromatic N) is 1. The van der Waals surface area contributed by atoms with Crippen molar-refractivity contribution in [3.05, 3.63) is 40.4 Å². The van der Waals surface area contributed by atoms with Crippen molar-refractivity contribution in [1.29, 1.82) is 0 Å². The molecule has 0 radical (unpaired) electrons. The molecule has 1 aromatic carbocycles. The number of hydrogen-bond donors (Lipinski definition) is 1. The molecule has 0 spiro atoms. The van der Waals surface area contributed by atoms with Gasteiger partial charge in [-0.1, -0.05) is 36.6 Å². The number of rotatable bonds is 3. The fraction of sp³-hybridized carbons (Fsp3) is 0.471. The number of amides is 1. The van der Waals surface area contributed by atoms with Crippen molar-refractivity contribution in [2.75, 3.05) is 7.05 Å². The van der Waals surface area contributed by atoms with Crippen molar-refractivity contribution < 1.29 is 9.90 Å². The Morgan fingerprint density at radius 2 is 2.10 bits per heavy atom. The van der Waals surface area contributed by atoms with Crippen LogP contribution in [0.1, 0.15) is 36.8 Å². The minimum Gasteiger partial charge on any atom is -0.391 e. The first kappa shape index (κ1) is 16.1. The van der Waals surface area contributed by atoms with Gasteiger partial charge in [0.25, 0.3) is 0 Å². The van der Waals surface area contributed by atoms with Gasteiger partial charge >= 0.3 is 0 Å². The lowest BCUT2D eigenvalue weighted by molar-refractivity contribution is -0.130. The maximum absolute atomic E-state index is 12.2. The van der Waals surface area contributed by atoms with Gasteiger partial charge in [-0.05, 0) is 43.0 Å². The van der Waals surface area contributed by atoms with Crippen molar-refractivity contribution in [3.63, 3.8) is 0 Å². The van der Waals surface area contributed by atoms with E-state index in [0.717, 1.165) is 36.8 Å². The van der Waals surface area contributed by atoms with Gasteiger partial charge in [-0.15, -0.1) is 0 Å². The van der Waals surface area contributed by atoms with Gasteiger partial charge in [0, 0.05) is 18.1 Å². The van der Waals surface area contributed by atoms with Crippen LogP contribution in [0, 0.1) is 6.92 Å². The summed E-state index contributed by atoms with van der Waals surface area (Å²) in [5, 5.41) is 10.7. The first-order valence-corrected chi connectivity index (χ1v) is 7.76. The number of aliphatic hydroxyl groups excluding tert-OH is 1. The van der Waals surface area contributed by atoms with Gasteiger partial charge in [0.2, 0.25) is 5.91 Å². The summed E-state index contributed by atoms with van der Waals surface area (Å²) in [5.74, 6) is -0.0855. The summed E-state index contributed by atoms with van der Waals surface area (Å²) >= 11 is 6.07. The number of carbonyl (C=O) groups is 1. The molecule has 4 heteroatoms. The highest BCUT2D eigenvalue weighted by Crippen LogP contribution is 2.23. The summed E-state index contributed by atoms with van der Waals surface area (Å²) in [6, 6.07) is 5.63. The minimum atomic E-state index is -0.407. The van der Waals surface area contributed by atoms with Crippen LogP contribution in [-0.2, 0) is 4.79 Å². The van der Waals surface area contributed by atoms with Gasteiger partial charge in [-0.2, -0.15) is 0 Å². The third-order valence-electron chi connectivity index (χ3n) is 4.15. The van der Waals surface area contributed by atoms with Crippen molar-refractivity contribution in [1.82, 2.24) is 4.90 Å². The van der Waals surface area contributed by atoms with E-state index in [4.69, 9.17) is 11.6 Å². The van der Waals surface area contributed by atoms with Gasteiger partial charge in [-0.25, -0.2) is 0 Å². The molecule has 2 rings (SSSR count). The fourth-order valence-corrected chi connectivity index (χ4v) is 2.89. The molecule has 0 aromatic heterocycles. The van der Waals surface area contributed by atoms with Crippen molar-refractivity contribution in [3.8, 4) is 0 Å².